The van der Waals surface area contributed by atoms with Crippen LogP contribution in [0.4, 0.5) is 10.5 Å². The molecule has 1 saturated carbocycles. The number of ether oxygens (including phenoxy) is 1. The van der Waals surface area contributed by atoms with E-state index in [0.29, 0.717) is 24.4 Å². The number of nitrogens with zero attached hydrogens (tertiary/aromatic N) is 1. The molecule has 8 heteroatoms. The molecule has 0 atom stereocenters. The maximum absolute atomic E-state index is 13.0. The number of hydrogen-bond donors (Lipinski definition) is 2. The number of rotatable bonds is 5. The Labute approximate surface area is 195 Å². The summed E-state index contributed by atoms with van der Waals surface area (Å²) in [7, 11) is 0. The van der Waals surface area contributed by atoms with Crippen LogP contribution in [0.1, 0.15) is 63.1 Å². The van der Waals surface area contributed by atoms with E-state index in [-0.39, 0.29) is 11.3 Å². The molecule has 33 heavy (non-hydrogen) atoms. The highest BCUT2D eigenvalue weighted by Gasteiger charge is 2.53. The van der Waals surface area contributed by atoms with Gasteiger partial charge in [0.15, 0.2) is 6.61 Å². The van der Waals surface area contributed by atoms with Gasteiger partial charge in [-0.25, -0.2) is 4.79 Å². The van der Waals surface area contributed by atoms with Crippen molar-refractivity contribution in [1.82, 2.24) is 10.2 Å². The van der Waals surface area contributed by atoms with E-state index in [1.54, 1.807) is 0 Å². The van der Waals surface area contributed by atoms with Gasteiger partial charge < -0.3 is 15.4 Å². The van der Waals surface area contributed by atoms with Crippen LogP contribution in [0.3, 0.4) is 0 Å². The van der Waals surface area contributed by atoms with E-state index in [4.69, 9.17) is 4.74 Å². The molecule has 3 rings (SSSR count). The minimum absolute atomic E-state index is 0.146. The second-order valence-corrected chi connectivity index (χ2v) is 10.5. The Bertz CT molecular complexity index is 948. The molecule has 1 aliphatic heterocycles. The first kappa shape index (κ1) is 24.7. The third kappa shape index (κ3) is 5.37. The van der Waals surface area contributed by atoms with E-state index in [0.717, 1.165) is 34.4 Å². The summed E-state index contributed by atoms with van der Waals surface area (Å²) in [5.41, 5.74) is 2.82. The molecule has 2 aliphatic rings. The first-order valence-electron chi connectivity index (χ1n) is 11.5. The standard InChI is InChI=1S/C25H35N3O5/c1-15-11-16(2)21(17(3)12-15)26-19(29)14-33-20(30)13-28-22(31)25(27-23(28)32)9-7-18(8-10-25)24(4,5)6/h11-12,18H,7-10,13-14H2,1-6H3,(H,26,29)(H,27,32). The summed E-state index contributed by atoms with van der Waals surface area (Å²) in [6, 6.07) is 3.33. The molecule has 1 spiro atoms. The van der Waals surface area contributed by atoms with Crippen molar-refractivity contribution in [2.45, 2.75) is 72.8 Å². The number of hydrogen-bond acceptors (Lipinski definition) is 5. The predicted molar refractivity (Wildman–Crippen MR) is 125 cm³/mol. The van der Waals surface area contributed by atoms with Gasteiger partial charge in [-0.2, -0.15) is 0 Å². The van der Waals surface area contributed by atoms with Gasteiger partial charge in [-0.05, 0) is 68.9 Å². The van der Waals surface area contributed by atoms with E-state index in [2.05, 4.69) is 31.4 Å². The van der Waals surface area contributed by atoms with Crippen molar-refractivity contribution in [3.63, 3.8) is 0 Å². The minimum atomic E-state index is -0.934. The van der Waals surface area contributed by atoms with Gasteiger partial charge in [0.25, 0.3) is 11.8 Å². The van der Waals surface area contributed by atoms with Crippen molar-refractivity contribution >= 4 is 29.5 Å². The lowest BCUT2D eigenvalue weighted by atomic mass is 9.67. The summed E-state index contributed by atoms with van der Waals surface area (Å²) in [6.45, 7) is 11.3. The zero-order valence-electron chi connectivity index (χ0n) is 20.5. The summed E-state index contributed by atoms with van der Waals surface area (Å²) < 4.78 is 5.05. The molecule has 0 radical (unpaired) electrons. The van der Waals surface area contributed by atoms with Crippen LogP contribution in [0.5, 0.6) is 0 Å². The first-order valence-corrected chi connectivity index (χ1v) is 11.5. The Morgan fingerprint density at radius 2 is 1.70 bits per heavy atom. The number of carbonyl (C=O) groups is 4. The second kappa shape index (κ2) is 9.15. The van der Waals surface area contributed by atoms with E-state index >= 15 is 0 Å². The average molecular weight is 458 g/mol. The molecule has 180 valence electrons. The summed E-state index contributed by atoms with van der Waals surface area (Å²) in [4.78, 5) is 51.0. The monoisotopic (exact) mass is 457 g/mol. The van der Waals surface area contributed by atoms with Gasteiger partial charge in [0.2, 0.25) is 0 Å². The molecule has 1 aromatic carbocycles. The van der Waals surface area contributed by atoms with Crippen molar-refractivity contribution in [1.29, 1.82) is 0 Å². The molecule has 1 saturated heterocycles. The fourth-order valence-electron chi connectivity index (χ4n) is 5.01. The van der Waals surface area contributed by atoms with Gasteiger partial charge in [0, 0.05) is 5.69 Å². The molecule has 0 bridgehead atoms. The van der Waals surface area contributed by atoms with Gasteiger partial charge in [-0.15, -0.1) is 0 Å². The number of amides is 4. The molecular weight excluding hydrogens is 422 g/mol. The number of nitrogens with one attached hydrogen (secondary N) is 2. The lowest BCUT2D eigenvalue weighted by Gasteiger charge is -2.40. The van der Waals surface area contributed by atoms with Crippen LogP contribution in [-0.2, 0) is 19.1 Å². The van der Waals surface area contributed by atoms with Crippen molar-refractivity contribution in [3.8, 4) is 0 Å². The first-order chi connectivity index (χ1) is 15.3. The van der Waals surface area contributed by atoms with Crippen LogP contribution in [0.15, 0.2) is 12.1 Å². The highest BCUT2D eigenvalue weighted by Crippen LogP contribution is 2.43. The van der Waals surface area contributed by atoms with Crippen molar-refractivity contribution in [2.24, 2.45) is 11.3 Å². The smallest absolute Gasteiger partial charge is 0.326 e. The normalized spacial score (nSPS) is 23.0. The molecule has 1 heterocycles. The number of anilines is 1. The van der Waals surface area contributed by atoms with Crippen molar-refractivity contribution in [3.05, 3.63) is 28.8 Å². The maximum Gasteiger partial charge on any atom is 0.326 e. The summed E-state index contributed by atoms with van der Waals surface area (Å²) in [6.07, 6.45) is 2.79. The molecule has 1 aliphatic carbocycles. The Hall–Kier alpha value is -2.90. The topological polar surface area (TPSA) is 105 Å². The summed E-state index contributed by atoms with van der Waals surface area (Å²) in [5, 5.41) is 5.57. The summed E-state index contributed by atoms with van der Waals surface area (Å²) in [5.74, 6) is -1.18. The zero-order chi connectivity index (χ0) is 24.6. The van der Waals surface area contributed by atoms with Crippen LogP contribution >= 0.6 is 0 Å². The number of urea groups is 1. The SMILES string of the molecule is Cc1cc(C)c(NC(=O)COC(=O)CN2C(=O)NC3(CCC(C(C)(C)C)CC3)C2=O)c(C)c1. The number of imide groups is 1. The van der Waals surface area contributed by atoms with Gasteiger partial charge in [0.05, 0.1) is 0 Å². The van der Waals surface area contributed by atoms with Gasteiger partial charge >= 0.3 is 12.0 Å². The second-order valence-electron chi connectivity index (χ2n) is 10.5. The summed E-state index contributed by atoms with van der Waals surface area (Å²) >= 11 is 0. The Kier molecular flexibility index (Phi) is 6.86. The molecule has 2 N–H and O–H groups in total. The molecule has 2 fully saturated rings. The van der Waals surface area contributed by atoms with E-state index in [9.17, 15) is 19.2 Å². The van der Waals surface area contributed by atoms with Crippen LogP contribution in [0.25, 0.3) is 0 Å². The third-order valence-electron chi connectivity index (χ3n) is 6.90. The van der Waals surface area contributed by atoms with Gasteiger partial charge in [-0.3, -0.25) is 19.3 Å². The highest BCUT2D eigenvalue weighted by molar-refractivity contribution is 6.08. The number of aryl methyl sites for hydroxylation is 3. The Morgan fingerprint density at radius 3 is 2.24 bits per heavy atom. The number of esters is 1. The largest absolute Gasteiger partial charge is 0.454 e. The van der Waals surface area contributed by atoms with Gasteiger partial charge in [-0.1, -0.05) is 38.5 Å². The maximum atomic E-state index is 13.0. The minimum Gasteiger partial charge on any atom is -0.454 e. The number of benzene rings is 1. The molecule has 8 nitrogen and oxygen atoms in total. The van der Waals surface area contributed by atoms with Crippen molar-refractivity contribution in [2.75, 3.05) is 18.5 Å². The zero-order valence-corrected chi connectivity index (χ0v) is 20.5. The highest BCUT2D eigenvalue weighted by atomic mass is 16.5. The van der Waals surface area contributed by atoms with Gasteiger partial charge in [0.1, 0.15) is 12.1 Å². The van der Waals surface area contributed by atoms with Crippen molar-refractivity contribution < 1.29 is 23.9 Å². The molecular formula is C25H35N3O5. The molecule has 1 aromatic rings. The van der Waals surface area contributed by atoms with Crippen LogP contribution in [-0.4, -0.2) is 47.4 Å². The van der Waals surface area contributed by atoms with Crippen LogP contribution in [0, 0.1) is 32.1 Å². The average Bonchev–Trinajstić information content (AvgIpc) is 2.92. The fraction of sp³-hybridized carbons (Fsp3) is 0.600. The lowest BCUT2D eigenvalue weighted by Crippen LogP contribution is -2.50. The fourth-order valence-corrected chi connectivity index (χ4v) is 5.01. The Balaban J connectivity index is 1.53. The molecule has 0 aromatic heterocycles. The van der Waals surface area contributed by atoms with E-state index < -0.39 is 36.6 Å². The van der Waals surface area contributed by atoms with Crippen LogP contribution < -0.4 is 10.6 Å². The van der Waals surface area contributed by atoms with E-state index in [1.807, 2.05) is 32.9 Å². The van der Waals surface area contributed by atoms with E-state index in [1.165, 1.54) is 0 Å². The molecule has 4 amide bonds. The van der Waals surface area contributed by atoms with Crippen LogP contribution in [0.2, 0.25) is 0 Å². The quantitative estimate of drug-likeness (QED) is 0.519. The predicted octanol–water partition coefficient (Wildman–Crippen LogP) is 3.62. The third-order valence-corrected chi connectivity index (χ3v) is 6.90. The molecule has 0 unspecified atom stereocenters. The lowest BCUT2D eigenvalue weighted by molar-refractivity contribution is -0.150. The number of carbonyl (C=O) groups excluding carboxylic acids is 4. The Morgan fingerprint density at radius 1 is 1.12 bits per heavy atom.